The Balaban J connectivity index is 1.45. The second kappa shape index (κ2) is 12.8. The van der Waals surface area contributed by atoms with E-state index >= 15 is 0 Å². The van der Waals surface area contributed by atoms with Crippen LogP contribution < -0.4 is 30.5 Å². The molecule has 0 atom stereocenters. The van der Waals surface area contributed by atoms with E-state index in [1.165, 1.54) is 7.11 Å². The van der Waals surface area contributed by atoms with Crippen LogP contribution in [0.3, 0.4) is 0 Å². The van der Waals surface area contributed by atoms with Gasteiger partial charge in [-0.1, -0.05) is 30.0 Å². The molecule has 0 fully saturated rings. The third-order valence-electron chi connectivity index (χ3n) is 5.83. The maximum Gasteiger partial charge on any atom is 0.281 e. The molecule has 202 valence electrons. The Morgan fingerprint density at radius 2 is 1.67 bits per heavy atom. The summed E-state index contributed by atoms with van der Waals surface area (Å²) in [5.74, 6) is 1.11. The summed E-state index contributed by atoms with van der Waals surface area (Å²) in [6, 6.07) is 18.9. The summed E-state index contributed by atoms with van der Waals surface area (Å²) in [6.45, 7) is 0.404. The third kappa shape index (κ3) is 6.68. The van der Waals surface area contributed by atoms with E-state index in [1.54, 1.807) is 62.8 Å². The number of carbonyl (C=O) groups excluding carboxylic acids is 2. The predicted molar refractivity (Wildman–Crippen MR) is 150 cm³/mol. The Hall–Kier alpha value is -4.51. The molecule has 4 rings (SSSR count). The summed E-state index contributed by atoms with van der Waals surface area (Å²) in [4.78, 5) is 43.3. The molecule has 0 saturated carbocycles. The Kier molecular flexibility index (Phi) is 9.06. The smallest absolute Gasteiger partial charge is 0.281 e. The van der Waals surface area contributed by atoms with Gasteiger partial charge in [0.15, 0.2) is 16.7 Å². The first-order chi connectivity index (χ1) is 18.9. The van der Waals surface area contributed by atoms with Gasteiger partial charge in [-0.3, -0.25) is 19.8 Å². The Morgan fingerprint density at radius 3 is 2.38 bits per heavy atom. The van der Waals surface area contributed by atoms with Crippen LogP contribution in [0, 0.1) is 0 Å². The van der Waals surface area contributed by atoms with Gasteiger partial charge in [-0.05, 0) is 60.5 Å². The lowest BCUT2D eigenvalue weighted by atomic mass is 10.1. The van der Waals surface area contributed by atoms with Crippen molar-refractivity contribution in [2.45, 2.75) is 11.6 Å². The largest absolute Gasteiger partial charge is 0.497 e. The highest BCUT2D eigenvalue weighted by Crippen LogP contribution is 2.27. The zero-order valence-corrected chi connectivity index (χ0v) is 22.5. The van der Waals surface area contributed by atoms with Crippen molar-refractivity contribution in [3.8, 4) is 17.2 Å². The van der Waals surface area contributed by atoms with Gasteiger partial charge in [-0.2, -0.15) is 4.68 Å². The molecular formula is C28H28N4O6S. The Bertz CT molecular complexity index is 1540. The average Bonchev–Trinajstić information content (AvgIpc) is 2.97. The zero-order chi connectivity index (χ0) is 27.8. The van der Waals surface area contributed by atoms with E-state index in [0.717, 1.165) is 22.0 Å². The van der Waals surface area contributed by atoms with Crippen LogP contribution in [-0.4, -0.2) is 55.1 Å². The quantitative estimate of drug-likeness (QED) is 0.217. The fourth-order valence-electron chi connectivity index (χ4n) is 3.78. The Labute approximate surface area is 229 Å². The topological polar surface area (TPSA) is 121 Å². The normalized spacial score (nSPS) is 10.6. The van der Waals surface area contributed by atoms with E-state index in [-0.39, 0.29) is 16.8 Å². The first-order valence-electron chi connectivity index (χ1n) is 12.0. The minimum absolute atomic E-state index is 0.00484. The lowest BCUT2D eigenvalue weighted by Crippen LogP contribution is -2.35. The van der Waals surface area contributed by atoms with Crippen LogP contribution in [0.4, 0.5) is 0 Å². The monoisotopic (exact) mass is 548 g/mol. The van der Waals surface area contributed by atoms with Crippen molar-refractivity contribution < 1.29 is 23.8 Å². The lowest BCUT2D eigenvalue weighted by Gasteiger charge is -2.14. The molecule has 39 heavy (non-hydrogen) atoms. The number of nitrogens with one attached hydrogen (secondary N) is 2. The molecule has 2 amide bonds. The van der Waals surface area contributed by atoms with Crippen LogP contribution in [0.15, 0.2) is 76.7 Å². The van der Waals surface area contributed by atoms with Gasteiger partial charge in [0.2, 0.25) is 5.91 Å². The molecule has 1 aromatic heterocycles. The molecule has 0 aliphatic heterocycles. The van der Waals surface area contributed by atoms with E-state index in [1.807, 2.05) is 18.2 Å². The second-order valence-electron chi connectivity index (χ2n) is 8.30. The molecule has 2 N–H and O–H groups in total. The second-order valence-corrected chi connectivity index (χ2v) is 9.24. The number of fused-ring (bicyclic) bond motifs is 1. The zero-order valence-electron chi connectivity index (χ0n) is 21.7. The lowest BCUT2D eigenvalue weighted by molar-refractivity contribution is -0.118. The molecule has 4 aromatic rings. The highest BCUT2D eigenvalue weighted by Gasteiger charge is 2.16. The van der Waals surface area contributed by atoms with E-state index in [4.69, 9.17) is 14.2 Å². The van der Waals surface area contributed by atoms with Gasteiger partial charge >= 0.3 is 0 Å². The summed E-state index contributed by atoms with van der Waals surface area (Å²) >= 11 is 1.05. The van der Waals surface area contributed by atoms with Gasteiger partial charge in [0.05, 0.1) is 38.0 Å². The summed E-state index contributed by atoms with van der Waals surface area (Å²) in [5.41, 5.74) is 3.95. The Morgan fingerprint density at radius 1 is 0.923 bits per heavy atom. The van der Waals surface area contributed by atoms with Crippen molar-refractivity contribution in [1.29, 1.82) is 0 Å². The molecule has 0 saturated heterocycles. The van der Waals surface area contributed by atoms with Crippen molar-refractivity contribution in [2.24, 2.45) is 0 Å². The minimum atomic E-state index is -0.502. The highest BCUT2D eigenvalue weighted by molar-refractivity contribution is 7.99. The van der Waals surface area contributed by atoms with E-state index in [2.05, 4.69) is 15.7 Å². The third-order valence-corrected chi connectivity index (χ3v) is 6.77. The maximum absolute atomic E-state index is 13.2. The fraction of sp³-hybridized carbons (Fsp3) is 0.214. The van der Waals surface area contributed by atoms with Crippen LogP contribution in [0.5, 0.6) is 17.2 Å². The molecule has 0 aliphatic carbocycles. The van der Waals surface area contributed by atoms with Crippen molar-refractivity contribution in [3.05, 3.63) is 88.2 Å². The fourth-order valence-corrected chi connectivity index (χ4v) is 4.56. The van der Waals surface area contributed by atoms with Crippen molar-refractivity contribution in [2.75, 3.05) is 39.1 Å². The summed E-state index contributed by atoms with van der Waals surface area (Å²) in [7, 11) is 4.68. The van der Waals surface area contributed by atoms with E-state index in [9.17, 15) is 14.4 Å². The van der Waals surface area contributed by atoms with Gasteiger partial charge in [-0.25, -0.2) is 4.98 Å². The number of nitrogens with zero attached hydrogens (tertiary/aromatic N) is 2. The predicted octanol–water partition coefficient (Wildman–Crippen LogP) is 3.26. The molecule has 0 unspecified atom stereocenters. The number of hydrogen-bond donors (Lipinski definition) is 2. The number of methoxy groups -OCH3 is 3. The molecule has 0 aliphatic rings. The SMILES string of the molecule is COc1ccc(C(=O)Nn2c(SCC(=O)NCCc3ccc(OC)c(OC)c3)nc3ccccc3c2=O)cc1. The van der Waals surface area contributed by atoms with Crippen LogP contribution in [-0.2, 0) is 11.2 Å². The molecule has 0 radical (unpaired) electrons. The van der Waals surface area contributed by atoms with Crippen LogP contribution >= 0.6 is 11.8 Å². The summed E-state index contributed by atoms with van der Waals surface area (Å²) < 4.78 is 16.8. The van der Waals surface area contributed by atoms with Crippen molar-refractivity contribution in [3.63, 3.8) is 0 Å². The molecule has 3 aromatic carbocycles. The molecule has 10 nitrogen and oxygen atoms in total. The van der Waals surface area contributed by atoms with Gasteiger partial charge in [0, 0.05) is 12.1 Å². The van der Waals surface area contributed by atoms with Crippen LogP contribution in [0.1, 0.15) is 15.9 Å². The number of para-hydroxylation sites is 1. The molecule has 11 heteroatoms. The van der Waals surface area contributed by atoms with Crippen molar-refractivity contribution >= 4 is 34.5 Å². The average molecular weight is 549 g/mol. The van der Waals surface area contributed by atoms with Gasteiger partial charge < -0.3 is 19.5 Å². The number of amides is 2. The van der Waals surface area contributed by atoms with Gasteiger partial charge in [0.1, 0.15) is 5.75 Å². The van der Waals surface area contributed by atoms with Gasteiger partial charge in [-0.15, -0.1) is 0 Å². The molecule has 1 heterocycles. The van der Waals surface area contributed by atoms with Gasteiger partial charge in [0.25, 0.3) is 11.5 Å². The summed E-state index contributed by atoms with van der Waals surface area (Å²) in [6.07, 6.45) is 0.591. The number of ether oxygens (including phenoxy) is 3. The number of rotatable bonds is 11. The first kappa shape index (κ1) is 27.5. The number of aromatic nitrogens is 2. The molecule has 0 bridgehead atoms. The number of thioether (sulfide) groups is 1. The van der Waals surface area contributed by atoms with Crippen molar-refractivity contribution in [1.82, 2.24) is 15.0 Å². The minimum Gasteiger partial charge on any atom is -0.497 e. The molecule has 0 spiro atoms. The first-order valence-corrected chi connectivity index (χ1v) is 13.0. The molecular weight excluding hydrogens is 520 g/mol. The number of hydrogen-bond acceptors (Lipinski definition) is 8. The van der Waals surface area contributed by atoms with Crippen LogP contribution in [0.25, 0.3) is 10.9 Å². The maximum atomic E-state index is 13.2. The van der Waals surface area contributed by atoms with Crippen LogP contribution in [0.2, 0.25) is 0 Å². The summed E-state index contributed by atoms with van der Waals surface area (Å²) in [5, 5.41) is 3.40. The van der Waals surface area contributed by atoms with E-state index in [0.29, 0.717) is 46.7 Å². The number of benzene rings is 3. The number of carbonyl (C=O) groups is 2. The standard InChI is InChI=1S/C28H28N4O6S/c1-36-20-11-9-19(10-12-20)26(34)31-32-27(35)21-6-4-5-7-22(21)30-28(32)39-17-25(33)29-15-14-18-8-13-23(37-2)24(16-18)38-3/h4-13,16H,14-15,17H2,1-3H3,(H,29,33)(H,31,34). The van der Waals surface area contributed by atoms with E-state index < -0.39 is 11.5 Å². The highest BCUT2D eigenvalue weighted by atomic mass is 32.2.